The number of benzene rings is 1. The normalized spacial score (nSPS) is 10.5. The molecule has 100 valence electrons. The third-order valence-electron chi connectivity index (χ3n) is 2.84. The highest BCUT2D eigenvalue weighted by Gasteiger charge is 2.11. The predicted octanol–water partition coefficient (Wildman–Crippen LogP) is 3.93. The molecule has 0 aliphatic rings. The van der Waals surface area contributed by atoms with E-state index in [4.69, 9.17) is 11.6 Å². The minimum absolute atomic E-state index is 0.651. The standard InChI is InChI=1S/C14H15ClIN3/c1-3-11-13(16)14(17-2)19-12(18-11)8-9-6-4-5-7-10(9)15/h4-7H,3,8H2,1-2H3,(H,17,18,19). The number of nitrogens with one attached hydrogen (secondary N) is 1. The van der Waals surface area contributed by atoms with Crippen LogP contribution in [0.4, 0.5) is 5.82 Å². The summed E-state index contributed by atoms with van der Waals surface area (Å²) in [5.41, 5.74) is 2.12. The molecular formula is C14H15ClIN3. The number of nitrogens with zero attached hydrogens (tertiary/aromatic N) is 2. The molecule has 19 heavy (non-hydrogen) atoms. The van der Waals surface area contributed by atoms with E-state index < -0.39 is 0 Å². The predicted molar refractivity (Wildman–Crippen MR) is 87.9 cm³/mol. The first kappa shape index (κ1) is 14.5. The van der Waals surface area contributed by atoms with E-state index >= 15 is 0 Å². The maximum absolute atomic E-state index is 6.18. The number of rotatable bonds is 4. The van der Waals surface area contributed by atoms with E-state index in [0.29, 0.717) is 6.42 Å². The lowest BCUT2D eigenvalue weighted by Gasteiger charge is -2.10. The van der Waals surface area contributed by atoms with Gasteiger partial charge in [0.15, 0.2) is 0 Å². The van der Waals surface area contributed by atoms with E-state index in [0.717, 1.165) is 37.9 Å². The highest BCUT2D eigenvalue weighted by molar-refractivity contribution is 14.1. The lowest BCUT2D eigenvalue weighted by molar-refractivity contribution is 0.897. The van der Waals surface area contributed by atoms with Crippen LogP contribution in [0.5, 0.6) is 0 Å². The van der Waals surface area contributed by atoms with Gasteiger partial charge < -0.3 is 5.32 Å². The van der Waals surface area contributed by atoms with E-state index in [9.17, 15) is 0 Å². The molecule has 1 N–H and O–H groups in total. The first-order valence-electron chi connectivity index (χ1n) is 6.12. The summed E-state index contributed by atoms with van der Waals surface area (Å²) in [7, 11) is 1.88. The van der Waals surface area contributed by atoms with Gasteiger partial charge in [-0.3, -0.25) is 0 Å². The van der Waals surface area contributed by atoms with Gasteiger partial charge in [0.05, 0.1) is 9.26 Å². The smallest absolute Gasteiger partial charge is 0.143 e. The number of anilines is 1. The van der Waals surface area contributed by atoms with Gasteiger partial charge in [0.2, 0.25) is 0 Å². The van der Waals surface area contributed by atoms with Crippen molar-refractivity contribution < 1.29 is 0 Å². The fourth-order valence-electron chi connectivity index (χ4n) is 1.84. The van der Waals surface area contributed by atoms with Crippen molar-refractivity contribution in [2.45, 2.75) is 19.8 Å². The number of aromatic nitrogens is 2. The molecule has 0 unspecified atom stereocenters. The second kappa shape index (κ2) is 6.52. The first-order valence-corrected chi connectivity index (χ1v) is 7.57. The van der Waals surface area contributed by atoms with Crippen molar-refractivity contribution in [2.24, 2.45) is 0 Å². The van der Waals surface area contributed by atoms with Crippen molar-refractivity contribution in [3.63, 3.8) is 0 Å². The van der Waals surface area contributed by atoms with E-state index in [1.54, 1.807) is 0 Å². The van der Waals surface area contributed by atoms with Gasteiger partial charge in [0.25, 0.3) is 0 Å². The molecule has 0 saturated heterocycles. The monoisotopic (exact) mass is 387 g/mol. The fraction of sp³-hybridized carbons (Fsp3) is 0.286. The van der Waals surface area contributed by atoms with E-state index in [1.807, 2.05) is 31.3 Å². The Kier molecular flexibility index (Phi) is 4.99. The Bertz CT molecular complexity index is 562. The second-order valence-electron chi connectivity index (χ2n) is 4.12. The Morgan fingerprint density at radius 3 is 2.63 bits per heavy atom. The highest BCUT2D eigenvalue weighted by atomic mass is 127. The molecule has 5 heteroatoms. The van der Waals surface area contributed by atoms with E-state index in [2.05, 4.69) is 44.8 Å². The van der Waals surface area contributed by atoms with Crippen molar-refractivity contribution in [3.8, 4) is 0 Å². The molecule has 0 radical (unpaired) electrons. The molecule has 2 rings (SSSR count). The largest absolute Gasteiger partial charge is 0.372 e. The number of halogens is 2. The molecule has 0 spiro atoms. The maximum Gasteiger partial charge on any atom is 0.143 e. The van der Waals surface area contributed by atoms with Crippen LogP contribution >= 0.6 is 34.2 Å². The molecular weight excluding hydrogens is 373 g/mol. The maximum atomic E-state index is 6.18. The van der Waals surface area contributed by atoms with Gasteiger partial charge in [-0.05, 0) is 40.6 Å². The molecule has 0 atom stereocenters. The number of hydrogen-bond donors (Lipinski definition) is 1. The van der Waals surface area contributed by atoms with Crippen LogP contribution in [0.1, 0.15) is 24.0 Å². The SMILES string of the molecule is CCc1nc(Cc2ccccc2Cl)nc(NC)c1I. The lowest BCUT2D eigenvalue weighted by Crippen LogP contribution is -2.07. The third-order valence-corrected chi connectivity index (χ3v) is 4.35. The minimum atomic E-state index is 0.651. The minimum Gasteiger partial charge on any atom is -0.372 e. The zero-order valence-electron chi connectivity index (χ0n) is 10.9. The van der Waals surface area contributed by atoms with Gasteiger partial charge in [-0.25, -0.2) is 9.97 Å². The summed E-state index contributed by atoms with van der Waals surface area (Å²) in [5.74, 6) is 1.68. The van der Waals surface area contributed by atoms with Crippen molar-refractivity contribution in [3.05, 3.63) is 49.9 Å². The Morgan fingerprint density at radius 2 is 2.00 bits per heavy atom. The fourth-order valence-corrected chi connectivity index (χ4v) is 2.93. The summed E-state index contributed by atoms with van der Waals surface area (Å²) in [6.07, 6.45) is 1.54. The molecule has 0 amide bonds. The summed E-state index contributed by atoms with van der Waals surface area (Å²) in [6, 6.07) is 7.81. The van der Waals surface area contributed by atoms with Crippen LogP contribution in [0.2, 0.25) is 5.02 Å². The van der Waals surface area contributed by atoms with Crippen LogP contribution in [0.3, 0.4) is 0 Å². The van der Waals surface area contributed by atoms with Gasteiger partial charge in [-0.2, -0.15) is 0 Å². The van der Waals surface area contributed by atoms with Gasteiger partial charge in [-0.15, -0.1) is 0 Å². The van der Waals surface area contributed by atoms with Gasteiger partial charge in [-0.1, -0.05) is 36.7 Å². The summed E-state index contributed by atoms with van der Waals surface area (Å²) < 4.78 is 1.09. The topological polar surface area (TPSA) is 37.8 Å². The van der Waals surface area contributed by atoms with Crippen molar-refractivity contribution in [2.75, 3.05) is 12.4 Å². The number of aryl methyl sites for hydroxylation is 1. The first-order chi connectivity index (χ1) is 9.15. The number of hydrogen-bond acceptors (Lipinski definition) is 3. The van der Waals surface area contributed by atoms with Crippen LogP contribution in [-0.4, -0.2) is 17.0 Å². The molecule has 0 aliphatic heterocycles. The second-order valence-corrected chi connectivity index (χ2v) is 5.61. The van der Waals surface area contributed by atoms with Crippen LogP contribution < -0.4 is 5.32 Å². The molecule has 0 bridgehead atoms. The van der Waals surface area contributed by atoms with Crippen molar-refractivity contribution in [1.29, 1.82) is 0 Å². The molecule has 3 nitrogen and oxygen atoms in total. The Labute approximate surface area is 132 Å². The van der Waals surface area contributed by atoms with E-state index in [1.165, 1.54) is 0 Å². The average molecular weight is 388 g/mol. The molecule has 0 aliphatic carbocycles. The zero-order chi connectivity index (χ0) is 13.8. The highest BCUT2D eigenvalue weighted by Crippen LogP contribution is 2.22. The zero-order valence-corrected chi connectivity index (χ0v) is 13.8. The summed E-state index contributed by atoms with van der Waals surface area (Å²) in [6.45, 7) is 2.10. The Balaban J connectivity index is 2.38. The van der Waals surface area contributed by atoms with Crippen molar-refractivity contribution >= 4 is 40.0 Å². The van der Waals surface area contributed by atoms with Crippen LogP contribution in [-0.2, 0) is 12.8 Å². The van der Waals surface area contributed by atoms with Gasteiger partial charge in [0.1, 0.15) is 11.6 Å². The molecule has 2 aromatic rings. The summed E-state index contributed by atoms with van der Waals surface area (Å²) in [5, 5.41) is 3.88. The van der Waals surface area contributed by atoms with Crippen LogP contribution in [0.25, 0.3) is 0 Å². The summed E-state index contributed by atoms with van der Waals surface area (Å²) >= 11 is 8.46. The van der Waals surface area contributed by atoms with E-state index in [-0.39, 0.29) is 0 Å². The molecule has 1 aromatic carbocycles. The Hall–Kier alpha value is -0.880. The quantitative estimate of drug-likeness (QED) is 0.808. The lowest BCUT2D eigenvalue weighted by atomic mass is 10.1. The molecule has 1 aromatic heterocycles. The third kappa shape index (κ3) is 3.36. The summed E-state index contributed by atoms with van der Waals surface area (Å²) in [4.78, 5) is 9.17. The van der Waals surface area contributed by atoms with Gasteiger partial charge >= 0.3 is 0 Å². The van der Waals surface area contributed by atoms with Crippen LogP contribution in [0, 0.1) is 3.57 Å². The van der Waals surface area contributed by atoms with Crippen LogP contribution in [0.15, 0.2) is 24.3 Å². The molecule has 0 fully saturated rings. The molecule has 1 heterocycles. The Morgan fingerprint density at radius 1 is 1.26 bits per heavy atom. The average Bonchev–Trinajstić information content (AvgIpc) is 2.43. The molecule has 0 saturated carbocycles. The van der Waals surface area contributed by atoms with Crippen molar-refractivity contribution in [1.82, 2.24) is 9.97 Å². The van der Waals surface area contributed by atoms with Gasteiger partial charge in [0, 0.05) is 18.5 Å².